The van der Waals surface area contributed by atoms with Gasteiger partial charge in [0, 0.05) is 30.7 Å². The van der Waals surface area contributed by atoms with E-state index >= 15 is 0 Å². The summed E-state index contributed by atoms with van der Waals surface area (Å²) in [7, 11) is 1.28. The first-order chi connectivity index (χ1) is 16.7. The van der Waals surface area contributed by atoms with Crippen LogP contribution >= 0.6 is 11.6 Å². The Morgan fingerprint density at radius 2 is 1.94 bits per heavy atom. The lowest BCUT2D eigenvalue weighted by molar-refractivity contribution is -0.274. The van der Waals surface area contributed by atoms with E-state index in [-0.39, 0.29) is 11.3 Å². The molecule has 2 rings (SSSR count). The van der Waals surface area contributed by atoms with Gasteiger partial charge in [-0.1, -0.05) is 11.6 Å². The Balaban J connectivity index is 2.69. The first-order valence-corrected chi connectivity index (χ1v) is 10.4. The molecule has 1 aliphatic rings. The summed E-state index contributed by atoms with van der Waals surface area (Å²) in [5.41, 5.74) is -5.65. The number of nitrogens with one attached hydrogen (secondary N) is 1. The Kier molecular flexibility index (Phi) is 9.13. The highest BCUT2D eigenvalue weighted by Crippen LogP contribution is 2.35. The van der Waals surface area contributed by atoms with Crippen molar-refractivity contribution in [3.63, 3.8) is 0 Å². The molecule has 0 spiro atoms. The molecule has 1 aromatic carbocycles. The summed E-state index contributed by atoms with van der Waals surface area (Å²) >= 11 is 5.38. The van der Waals surface area contributed by atoms with E-state index in [9.17, 15) is 35.9 Å². The molecule has 0 bridgehead atoms. The van der Waals surface area contributed by atoms with Gasteiger partial charge in [0.25, 0.3) is 23.4 Å². The van der Waals surface area contributed by atoms with Gasteiger partial charge in [0.05, 0.1) is 6.61 Å². The number of hydrogen-bond acceptors (Lipinski definition) is 6. The average Bonchev–Trinajstić information content (AvgIpc) is 3.11. The van der Waals surface area contributed by atoms with E-state index in [1.807, 2.05) is 0 Å². The summed E-state index contributed by atoms with van der Waals surface area (Å²) in [4.78, 5) is 34.2. The minimum Gasteiger partial charge on any atom is -0.406 e. The molecule has 1 aliphatic heterocycles. The molecule has 36 heavy (non-hydrogen) atoms. The zero-order valence-corrected chi connectivity index (χ0v) is 19.6. The SMILES string of the molecule is C=N/C=C(\C=NC)[C@@](C)(C(=O)NC1COCC1(F)F)N(C(=O)[C@H](F)Cl)c1ccc(OC(F)(F)F)cc1. The van der Waals surface area contributed by atoms with E-state index in [4.69, 9.17) is 16.3 Å². The zero-order valence-electron chi connectivity index (χ0n) is 18.9. The first-order valence-electron chi connectivity index (χ1n) is 10.0. The van der Waals surface area contributed by atoms with Crippen LogP contribution in [0.1, 0.15) is 6.92 Å². The van der Waals surface area contributed by atoms with Gasteiger partial charge in [-0.2, -0.15) is 0 Å². The number of ether oxygens (including phenoxy) is 2. The minimum atomic E-state index is -5.02. The third-order valence-corrected chi connectivity index (χ3v) is 5.27. The lowest BCUT2D eigenvalue weighted by Gasteiger charge is -2.41. The average molecular weight is 543 g/mol. The zero-order chi connectivity index (χ0) is 27.3. The van der Waals surface area contributed by atoms with Crippen LogP contribution in [0.3, 0.4) is 0 Å². The van der Waals surface area contributed by atoms with Crippen LogP contribution < -0.4 is 15.0 Å². The van der Waals surface area contributed by atoms with Crippen LogP contribution in [0, 0.1) is 0 Å². The molecule has 198 valence electrons. The fraction of sp³-hybridized carbons (Fsp3) is 0.429. The van der Waals surface area contributed by atoms with Crippen LogP contribution in [0.15, 0.2) is 46.0 Å². The number of nitrogens with zero attached hydrogens (tertiary/aromatic N) is 3. The van der Waals surface area contributed by atoms with E-state index in [0.717, 1.165) is 43.6 Å². The molecule has 1 fully saturated rings. The Hall–Kier alpha value is -3.13. The maximum atomic E-state index is 14.2. The number of amides is 2. The molecule has 2 amide bonds. The number of carbonyl (C=O) groups is 2. The van der Waals surface area contributed by atoms with Crippen LogP contribution in [0.4, 0.5) is 32.0 Å². The van der Waals surface area contributed by atoms with E-state index in [1.165, 1.54) is 7.05 Å². The van der Waals surface area contributed by atoms with E-state index in [0.29, 0.717) is 4.90 Å². The number of alkyl halides is 7. The summed E-state index contributed by atoms with van der Waals surface area (Å²) in [5, 5.41) is 2.08. The van der Waals surface area contributed by atoms with Crippen LogP contribution in [0.2, 0.25) is 0 Å². The second-order valence-corrected chi connectivity index (χ2v) is 7.93. The molecule has 0 radical (unpaired) electrons. The molecule has 1 aromatic rings. The fourth-order valence-electron chi connectivity index (χ4n) is 3.37. The van der Waals surface area contributed by atoms with Crippen molar-refractivity contribution in [2.75, 3.05) is 25.2 Å². The number of rotatable bonds is 9. The summed E-state index contributed by atoms with van der Waals surface area (Å²) in [6, 6.07) is 1.62. The molecular weight excluding hydrogens is 522 g/mol. The number of anilines is 1. The van der Waals surface area contributed by atoms with Crippen molar-refractivity contribution >= 4 is 42.0 Å². The standard InChI is InChI=1S/C21H21ClF6N4O4/c1-19(12(8-29-2)9-30-3,18(34)31-15-10-35-11-20(15,24)25)32(17(33)16(22)23)13-4-6-14(7-5-13)36-21(26,27)28/h4-9,15-16H,2,10-11H2,1,3H3,(H,31,34)/b12-8+,30-9?/t15?,16-,19-/m0/s1. The van der Waals surface area contributed by atoms with Crippen molar-refractivity contribution in [2.45, 2.75) is 36.4 Å². The molecule has 15 heteroatoms. The van der Waals surface area contributed by atoms with Crippen LogP contribution in [-0.4, -0.2) is 74.5 Å². The van der Waals surface area contributed by atoms with E-state index < -0.39 is 60.3 Å². The topological polar surface area (TPSA) is 92.6 Å². The van der Waals surface area contributed by atoms with Gasteiger partial charge < -0.3 is 14.8 Å². The maximum Gasteiger partial charge on any atom is 0.573 e. The molecule has 1 unspecified atom stereocenters. The third-order valence-electron chi connectivity index (χ3n) is 5.08. The van der Waals surface area contributed by atoms with Gasteiger partial charge in [0.2, 0.25) is 0 Å². The smallest absolute Gasteiger partial charge is 0.406 e. The Morgan fingerprint density at radius 3 is 2.39 bits per heavy atom. The molecule has 0 aliphatic carbocycles. The lowest BCUT2D eigenvalue weighted by atomic mass is 9.87. The summed E-state index contributed by atoms with van der Waals surface area (Å²) in [6.45, 7) is 2.78. The Morgan fingerprint density at radius 1 is 1.33 bits per heavy atom. The van der Waals surface area contributed by atoms with Crippen LogP contribution in [0.25, 0.3) is 0 Å². The number of aliphatic imine (C=N–C) groups is 2. The second-order valence-electron chi connectivity index (χ2n) is 7.54. The van der Waals surface area contributed by atoms with Gasteiger partial charge in [-0.3, -0.25) is 24.5 Å². The van der Waals surface area contributed by atoms with Gasteiger partial charge >= 0.3 is 6.36 Å². The summed E-state index contributed by atoms with van der Waals surface area (Å²) < 4.78 is 88.6. The highest BCUT2D eigenvalue weighted by molar-refractivity contribution is 6.32. The van der Waals surface area contributed by atoms with Crippen molar-refractivity contribution in [3.8, 4) is 5.75 Å². The summed E-state index contributed by atoms with van der Waals surface area (Å²) in [6.07, 6.45) is -3.01. The second kappa shape index (κ2) is 11.3. The third kappa shape index (κ3) is 6.55. The van der Waals surface area contributed by atoms with Gasteiger partial charge in [-0.25, -0.2) is 13.2 Å². The van der Waals surface area contributed by atoms with Crippen molar-refractivity contribution in [1.29, 1.82) is 0 Å². The summed E-state index contributed by atoms with van der Waals surface area (Å²) in [5.74, 6) is -6.92. The molecule has 0 aromatic heterocycles. The highest BCUT2D eigenvalue weighted by Gasteiger charge is 2.52. The van der Waals surface area contributed by atoms with E-state index in [1.54, 1.807) is 0 Å². The Labute approximate surface area is 206 Å². The van der Waals surface area contributed by atoms with Gasteiger partial charge in [-0.05, 0) is 37.9 Å². The van der Waals surface area contributed by atoms with Crippen molar-refractivity contribution in [2.24, 2.45) is 9.98 Å². The highest BCUT2D eigenvalue weighted by atomic mass is 35.5. The van der Waals surface area contributed by atoms with Crippen molar-refractivity contribution < 1.29 is 45.4 Å². The lowest BCUT2D eigenvalue weighted by Crippen LogP contribution is -2.64. The molecule has 1 heterocycles. The fourth-order valence-corrected chi connectivity index (χ4v) is 3.46. The van der Waals surface area contributed by atoms with Crippen molar-refractivity contribution in [1.82, 2.24) is 5.32 Å². The molecule has 8 nitrogen and oxygen atoms in total. The molecule has 1 N–H and O–H groups in total. The van der Waals surface area contributed by atoms with Gasteiger partial charge in [-0.15, -0.1) is 13.2 Å². The van der Waals surface area contributed by atoms with Crippen molar-refractivity contribution in [3.05, 3.63) is 36.0 Å². The predicted octanol–water partition coefficient (Wildman–Crippen LogP) is 3.65. The quantitative estimate of drug-likeness (QED) is 0.293. The number of benzene rings is 1. The maximum absolute atomic E-state index is 14.2. The normalized spacial score (nSPS) is 20.5. The number of hydrogen-bond donors (Lipinski definition) is 1. The van der Waals surface area contributed by atoms with Crippen LogP contribution in [-0.2, 0) is 14.3 Å². The van der Waals surface area contributed by atoms with Crippen LogP contribution in [0.5, 0.6) is 5.75 Å². The first kappa shape index (κ1) is 29.1. The molecule has 0 saturated carbocycles. The van der Waals surface area contributed by atoms with E-state index in [2.05, 4.69) is 26.8 Å². The number of carbonyl (C=O) groups excluding carboxylic acids is 2. The minimum absolute atomic E-state index is 0.221. The van der Waals surface area contributed by atoms with Gasteiger partial charge in [0.15, 0.2) is 5.54 Å². The van der Waals surface area contributed by atoms with Gasteiger partial charge in [0.1, 0.15) is 18.4 Å². The predicted molar refractivity (Wildman–Crippen MR) is 120 cm³/mol. The molecule has 3 atom stereocenters. The Bertz CT molecular complexity index is 1030. The number of halogens is 7. The molecule has 1 saturated heterocycles. The largest absolute Gasteiger partial charge is 0.573 e. The molecular formula is C21H21ClF6N4O4. The monoisotopic (exact) mass is 542 g/mol.